The number of fused-ring (bicyclic) bond motifs is 1. The minimum absolute atomic E-state index is 0.0739. The number of aromatic amines is 1. The van der Waals surface area contributed by atoms with E-state index in [0.717, 1.165) is 17.6 Å². The summed E-state index contributed by atoms with van der Waals surface area (Å²) in [5, 5.41) is 0.767. The first-order valence-corrected chi connectivity index (χ1v) is 9.02. The molecule has 6 nitrogen and oxygen atoms in total. The molecule has 3 aromatic rings. The largest absolute Gasteiger partial charge is 0.417 e. The topological polar surface area (TPSA) is 69.3 Å². The number of hydrogen-bond donors (Lipinski definition) is 1. The number of hydrogen-bond acceptors (Lipinski definition) is 4. The van der Waals surface area contributed by atoms with Crippen molar-refractivity contribution in [3.63, 3.8) is 0 Å². The molecule has 1 aromatic carbocycles. The minimum atomic E-state index is -4.43. The third-order valence-corrected chi connectivity index (χ3v) is 4.95. The zero-order valence-electron chi connectivity index (χ0n) is 15.2. The van der Waals surface area contributed by atoms with Crippen LogP contribution in [0.1, 0.15) is 15.9 Å². The third kappa shape index (κ3) is 3.80. The van der Waals surface area contributed by atoms with E-state index in [0.29, 0.717) is 37.5 Å². The molecule has 0 unspecified atom stereocenters. The molecule has 1 amide bonds. The van der Waals surface area contributed by atoms with Crippen LogP contribution in [-0.2, 0) is 6.18 Å². The van der Waals surface area contributed by atoms with Gasteiger partial charge in [0.25, 0.3) is 11.5 Å². The quantitative estimate of drug-likeness (QED) is 0.716. The van der Waals surface area contributed by atoms with Crippen molar-refractivity contribution < 1.29 is 18.0 Å². The zero-order chi connectivity index (χ0) is 20.6. The van der Waals surface area contributed by atoms with Gasteiger partial charge in [-0.1, -0.05) is 18.2 Å². The Balaban J connectivity index is 1.46. The lowest BCUT2D eigenvalue weighted by molar-refractivity contribution is -0.137. The van der Waals surface area contributed by atoms with Crippen molar-refractivity contribution in [1.82, 2.24) is 14.9 Å². The van der Waals surface area contributed by atoms with E-state index in [-0.39, 0.29) is 11.5 Å². The molecule has 9 heteroatoms. The maximum Gasteiger partial charge on any atom is 0.417 e. The van der Waals surface area contributed by atoms with E-state index in [1.54, 1.807) is 23.1 Å². The van der Waals surface area contributed by atoms with Crippen molar-refractivity contribution >= 4 is 22.6 Å². The predicted molar refractivity (Wildman–Crippen MR) is 102 cm³/mol. The van der Waals surface area contributed by atoms with Crippen molar-refractivity contribution in [2.24, 2.45) is 0 Å². The lowest BCUT2D eigenvalue weighted by atomic mass is 10.1. The van der Waals surface area contributed by atoms with Crippen LogP contribution in [0.15, 0.2) is 53.5 Å². The second-order valence-electron chi connectivity index (χ2n) is 6.78. The molecule has 2 aromatic heterocycles. The van der Waals surface area contributed by atoms with Gasteiger partial charge in [0, 0.05) is 37.9 Å². The fourth-order valence-corrected chi connectivity index (χ4v) is 3.36. The Morgan fingerprint density at radius 1 is 1.03 bits per heavy atom. The molecule has 4 rings (SSSR count). The van der Waals surface area contributed by atoms with Crippen molar-refractivity contribution in [1.29, 1.82) is 0 Å². The van der Waals surface area contributed by atoms with Gasteiger partial charge >= 0.3 is 6.18 Å². The first-order valence-electron chi connectivity index (χ1n) is 9.02. The van der Waals surface area contributed by atoms with E-state index >= 15 is 0 Å². The highest BCUT2D eigenvalue weighted by Gasteiger charge is 2.31. The van der Waals surface area contributed by atoms with E-state index in [9.17, 15) is 22.8 Å². The maximum absolute atomic E-state index is 12.8. The van der Waals surface area contributed by atoms with Crippen molar-refractivity contribution in [3.05, 3.63) is 70.1 Å². The van der Waals surface area contributed by atoms with Gasteiger partial charge in [-0.05, 0) is 29.7 Å². The number of para-hydroxylation sites is 1. The Kier molecular flexibility index (Phi) is 4.73. The van der Waals surface area contributed by atoms with Crippen LogP contribution >= 0.6 is 0 Å². The Labute approximate surface area is 163 Å². The highest BCUT2D eigenvalue weighted by Crippen LogP contribution is 2.29. The summed E-state index contributed by atoms with van der Waals surface area (Å²) in [7, 11) is 0. The number of carbonyl (C=O) groups is 1. The average Bonchev–Trinajstić information content (AvgIpc) is 2.72. The van der Waals surface area contributed by atoms with Crippen LogP contribution in [0.2, 0.25) is 0 Å². The van der Waals surface area contributed by atoms with Gasteiger partial charge in [-0.3, -0.25) is 9.59 Å². The molecule has 1 saturated heterocycles. The van der Waals surface area contributed by atoms with Gasteiger partial charge in [-0.2, -0.15) is 13.2 Å². The van der Waals surface area contributed by atoms with Gasteiger partial charge in [-0.15, -0.1) is 0 Å². The number of amides is 1. The summed E-state index contributed by atoms with van der Waals surface area (Å²) < 4.78 is 38.0. The fraction of sp³-hybridized carbons (Fsp3) is 0.250. The van der Waals surface area contributed by atoms with Crippen molar-refractivity contribution in [3.8, 4) is 0 Å². The number of halogens is 3. The summed E-state index contributed by atoms with van der Waals surface area (Å²) in [5.41, 5.74) is -0.511. The monoisotopic (exact) mass is 402 g/mol. The average molecular weight is 402 g/mol. The van der Waals surface area contributed by atoms with Crippen LogP contribution < -0.4 is 10.5 Å². The van der Waals surface area contributed by atoms with Gasteiger partial charge in [-0.25, -0.2) is 4.98 Å². The molecule has 150 valence electrons. The van der Waals surface area contributed by atoms with Gasteiger partial charge in [0.1, 0.15) is 11.4 Å². The molecule has 0 spiro atoms. The van der Waals surface area contributed by atoms with E-state index < -0.39 is 17.3 Å². The van der Waals surface area contributed by atoms with Crippen molar-refractivity contribution in [2.75, 3.05) is 31.1 Å². The van der Waals surface area contributed by atoms with Crippen LogP contribution in [-0.4, -0.2) is 47.0 Å². The van der Waals surface area contributed by atoms with E-state index in [2.05, 4.69) is 9.97 Å². The summed E-state index contributed by atoms with van der Waals surface area (Å²) >= 11 is 0. The molecule has 1 aliphatic heterocycles. The fourth-order valence-electron chi connectivity index (χ4n) is 3.36. The van der Waals surface area contributed by atoms with Crippen molar-refractivity contribution in [2.45, 2.75) is 6.18 Å². The SMILES string of the molecule is O=C(c1cc2ccccc2[nH]c1=O)N1CCN(c2ccc(C(F)(F)F)cn2)CC1. The predicted octanol–water partition coefficient (Wildman–Crippen LogP) is 2.90. The van der Waals surface area contributed by atoms with Gasteiger partial charge < -0.3 is 14.8 Å². The number of aromatic nitrogens is 2. The lowest BCUT2D eigenvalue weighted by Gasteiger charge is -2.35. The molecule has 0 bridgehead atoms. The highest BCUT2D eigenvalue weighted by atomic mass is 19.4. The second-order valence-corrected chi connectivity index (χ2v) is 6.78. The second kappa shape index (κ2) is 7.23. The number of nitrogens with one attached hydrogen (secondary N) is 1. The molecule has 0 saturated carbocycles. The molecule has 1 fully saturated rings. The number of pyridine rings is 2. The van der Waals surface area contributed by atoms with E-state index in [1.807, 2.05) is 17.0 Å². The van der Waals surface area contributed by atoms with Crippen LogP contribution in [0.4, 0.5) is 19.0 Å². The maximum atomic E-state index is 12.8. The Bertz CT molecular complexity index is 1100. The minimum Gasteiger partial charge on any atom is -0.353 e. The number of piperazine rings is 1. The van der Waals surface area contributed by atoms with Crippen LogP contribution in [0.25, 0.3) is 10.9 Å². The first-order chi connectivity index (χ1) is 13.8. The molecule has 3 heterocycles. The van der Waals surface area contributed by atoms with Gasteiger partial charge in [0.15, 0.2) is 0 Å². The Morgan fingerprint density at radius 3 is 2.41 bits per heavy atom. The van der Waals surface area contributed by atoms with E-state index in [4.69, 9.17) is 0 Å². The zero-order valence-corrected chi connectivity index (χ0v) is 15.2. The summed E-state index contributed by atoms with van der Waals surface area (Å²) in [5.74, 6) is 0.0608. The molecule has 1 N–H and O–H groups in total. The van der Waals surface area contributed by atoms with Crippen LogP contribution in [0, 0.1) is 0 Å². The summed E-state index contributed by atoms with van der Waals surface area (Å²) in [4.78, 5) is 35.1. The summed E-state index contributed by atoms with van der Waals surface area (Å²) in [6, 6.07) is 11.1. The molecule has 1 aliphatic rings. The molecular weight excluding hydrogens is 385 g/mol. The number of anilines is 1. The van der Waals surface area contributed by atoms with Gasteiger partial charge in [0.05, 0.1) is 5.56 Å². The van der Waals surface area contributed by atoms with Gasteiger partial charge in [0.2, 0.25) is 0 Å². The molecule has 0 radical (unpaired) electrons. The number of carbonyl (C=O) groups excluding carboxylic acids is 1. The highest BCUT2D eigenvalue weighted by molar-refractivity contribution is 5.97. The van der Waals surface area contributed by atoms with E-state index in [1.165, 1.54) is 6.07 Å². The molecule has 0 atom stereocenters. The Hall–Kier alpha value is -3.36. The number of rotatable bonds is 2. The van der Waals surface area contributed by atoms with Crippen LogP contribution in [0.5, 0.6) is 0 Å². The number of H-pyrrole nitrogens is 1. The molecule has 0 aliphatic carbocycles. The van der Waals surface area contributed by atoms with Crippen LogP contribution in [0.3, 0.4) is 0 Å². The standard InChI is InChI=1S/C20H17F3N4O2/c21-20(22,23)14-5-6-17(24-12-14)26-7-9-27(10-8-26)19(29)15-11-13-3-1-2-4-16(13)25-18(15)28/h1-6,11-12H,7-10H2,(H,25,28). The first kappa shape index (κ1) is 19.0. The third-order valence-electron chi connectivity index (χ3n) is 4.95. The normalized spacial score (nSPS) is 15.0. The summed E-state index contributed by atoms with van der Waals surface area (Å²) in [6.45, 7) is 1.51. The Morgan fingerprint density at radius 2 is 1.76 bits per heavy atom. The summed E-state index contributed by atoms with van der Waals surface area (Å²) in [6.07, 6.45) is -3.62. The smallest absolute Gasteiger partial charge is 0.353 e. The molecule has 29 heavy (non-hydrogen) atoms. The molecular formula is C20H17F3N4O2. The number of benzene rings is 1. The number of nitrogens with zero attached hydrogens (tertiary/aromatic N) is 3. The lowest BCUT2D eigenvalue weighted by Crippen LogP contribution is -2.49. The number of alkyl halides is 3.